The maximum atomic E-state index is 12.3. The quantitative estimate of drug-likeness (QED) is 0.700. The van der Waals surface area contributed by atoms with Gasteiger partial charge < -0.3 is 24.6 Å². The Hall–Kier alpha value is -3.07. The highest BCUT2D eigenvalue weighted by Crippen LogP contribution is 2.31. The molecular weight excluding hydrogens is 372 g/mol. The molecule has 4 heterocycles. The summed E-state index contributed by atoms with van der Waals surface area (Å²) in [5.74, 6) is 0. The molecule has 9 heteroatoms. The summed E-state index contributed by atoms with van der Waals surface area (Å²) in [4.78, 5) is 24.2. The SMILES string of the molecule is Cn1cc(-c2cc3c(N4CCN(C(=O)OC5CC(O)C5)CC4)ccnc3[nH]2)cn1. The molecule has 0 spiro atoms. The van der Waals surface area contributed by atoms with Crippen LogP contribution in [0.1, 0.15) is 12.8 Å². The van der Waals surface area contributed by atoms with Crippen molar-refractivity contribution in [2.75, 3.05) is 31.1 Å². The second kappa shape index (κ2) is 7.07. The van der Waals surface area contributed by atoms with Gasteiger partial charge in [0.05, 0.1) is 18.0 Å². The number of anilines is 1. The Bertz CT molecular complexity index is 1030. The number of H-pyrrole nitrogens is 1. The first kappa shape index (κ1) is 18.0. The van der Waals surface area contributed by atoms with Crippen LogP contribution in [0.3, 0.4) is 0 Å². The third-order valence-corrected chi connectivity index (χ3v) is 5.74. The van der Waals surface area contributed by atoms with Crippen molar-refractivity contribution in [3.63, 3.8) is 0 Å². The molecule has 0 atom stereocenters. The van der Waals surface area contributed by atoms with Gasteiger partial charge in [-0.15, -0.1) is 0 Å². The fraction of sp³-hybridized carbons (Fsp3) is 0.450. The Morgan fingerprint density at radius 2 is 2.07 bits per heavy atom. The molecular formula is C20H24N6O3. The van der Waals surface area contributed by atoms with Crippen molar-refractivity contribution in [2.45, 2.75) is 25.0 Å². The van der Waals surface area contributed by atoms with E-state index in [1.54, 1.807) is 9.58 Å². The van der Waals surface area contributed by atoms with Gasteiger partial charge in [0, 0.05) is 75.1 Å². The van der Waals surface area contributed by atoms with Crippen molar-refractivity contribution in [1.82, 2.24) is 24.6 Å². The average Bonchev–Trinajstić information content (AvgIpc) is 3.32. The van der Waals surface area contributed by atoms with Crippen LogP contribution in [0.25, 0.3) is 22.3 Å². The summed E-state index contributed by atoms with van der Waals surface area (Å²) in [6.45, 7) is 2.68. The van der Waals surface area contributed by atoms with Crippen molar-refractivity contribution in [3.05, 3.63) is 30.7 Å². The van der Waals surface area contributed by atoms with Gasteiger partial charge in [-0.3, -0.25) is 4.68 Å². The van der Waals surface area contributed by atoms with Gasteiger partial charge in [0.1, 0.15) is 11.8 Å². The van der Waals surface area contributed by atoms with Gasteiger partial charge in [-0.2, -0.15) is 5.10 Å². The number of fused-ring (bicyclic) bond motifs is 1. The minimum atomic E-state index is -0.323. The van der Waals surface area contributed by atoms with Crippen molar-refractivity contribution in [3.8, 4) is 11.3 Å². The van der Waals surface area contributed by atoms with Crippen molar-refractivity contribution in [1.29, 1.82) is 0 Å². The van der Waals surface area contributed by atoms with Gasteiger partial charge in [-0.1, -0.05) is 0 Å². The molecule has 0 bridgehead atoms. The molecule has 2 fully saturated rings. The second-order valence-corrected chi connectivity index (χ2v) is 7.78. The molecule has 1 aliphatic heterocycles. The maximum absolute atomic E-state index is 12.3. The maximum Gasteiger partial charge on any atom is 0.410 e. The predicted octanol–water partition coefficient (Wildman–Crippen LogP) is 1.75. The molecule has 9 nitrogen and oxygen atoms in total. The number of nitrogens with one attached hydrogen (secondary N) is 1. The number of pyridine rings is 1. The first-order valence-corrected chi connectivity index (χ1v) is 9.92. The molecule has 2 aliphatic rings. The zero-order valence-corrected chi connectivity index (χ0v) is 16.3. The molecule has 1 amide bonds. The number of aliphatic hydroxyl groups excluding tert-OH is 1. The van der Waals surface area contributed by atoms with Gasteiger partial charge in [0.2, 0.25) is 0 Å². The van der Waals surface area contributed by atoms with E-state index in [0.29, 0.717) is 25.9 Å². The van der Waals surface area contributed by atoms with Crippen LogP contribution < -0.4 is 4.90 Å². The first-order valence-electron chi connectivity index (χ1n) is 9.92. The minimum absolute atomic E-state index is 0.138. The Morgan fingerprint density at radius 3 is 2.76 bits per heavy atom. The molecule has 3 aromatic heterocycles. The fourth-order valence-electron chi connectivity index (χ4n) is 3.99. The lowest BCUT2D eigenvalue weighted by atomic mass is 9.92. The average molecular weight is 396 g/mol. The zero-order chi connectivity index (χ0) is 20.0. The van der Waals surface area contributed by atoms with E-state index >= 15 is 0 Å². The Balaban J connectivity index is 1.29. The number of amides is 1. The highest BCUT2D eigenvalue weighted by atomic mass is 16.6. The Morgan fingerprint density at radius 1 is 1.28 bits per heavy atom. The fourth-order valence-corrected chi connectivity index (χ4v) is 3.99. The Labute approximate surface area is 167 Å². The second-order valence-electron chi connectivity index (χ2n) is 7.78. The third-order valence-electron chi connectivity index (χ3n) is 5.74. The Kier molecular flexibility index (Phi) is 4.39. The van der Waals surface area contributed by atoms with Gasteiger partial charge in [-0.25, -0.2) is 9.78 Å². The number of rotatable bonds is 3. The van der Waals surface area contributed by atoms with E-state index in [2.05, 4.69) is 26.0 Å². The van der Waals surface area contributed by atoms with E-state index in [0.717, 1.165) is 41.1 Å². The molecule has 152 valence electrons. The lowest BCUT2D eigenvalue weighted by Gasteiger charge is -2.38. The lowest BCUT2D eigenvalue weighted by molar-refractivity contribution is -0.0452. The normalized spacial score (nSPS) is 22.0. The summed E-state index contributed by atoms with van der Waals surface area (Å²) in [5.41, 5.74) is 3.95. The van der Waals surface area contributed by atoms with E-state index in [-0.39, 0.29) is 18.3 Å². The number of carbonyl (C=O) groups is 1. The summed E-state index contributed by atoms with van der Waals surface area (Å²) >= 11 is 0. The minimum Gasteiger partial charge on any atom is -0.446 e. The van der Waals surface area contributed by atoms with E-state index in [9.17, 15) is 9.90 Å². The van der Waals surface area contributed by atoms with E-state index in [4.69, 9.17) is 4.74 Å². The highest BCUT2D eigenvalue weighted by Gasteiger charge is 2.33. The third kappa shape index (κ3) is 3.42. The number of aryl methyl sites for hydroxylation is 1. The molecule has 2 N–H and O–H groups in total. The van der Waals surface area contributed by atoms with Crippen molar-refractivity contribution < 1.29 is 14.6 Å². The number of aromatic nitrogens is 4. The van der Waals surface area contributed by atoms with E-state index in [1.807, 2.05) is 31.7 Å². The van der Waals surface area contributed by atoms with Gasteiger partial charge >= 0.3 is 6.09 Å². The van der Waals surface area contributed by atoms with Crippen LogP contribution in [0, 0.1) is 0 Å². The monoisotopic (exact) mass is 396 g/mol. The summed E-state index contributed by atoms with van der Waals surface area (Å²) in [6.07, 6.45) is 5.97. The smallest absolute Gasteiger partial charge is 0.410 e. The van der Waals surface area contributed by atoms with Crippen LogP contribution in [0.15, 0.2) is 30.7 Å². The topological polar surface area (TPSA) is 99.5 Å². The van der Waals surface area contributed by atoms with Crippen LogP contribution in [0.2, 0.25) is 0 Å². The molecule has 1 saturated heterocycles. The van der Waals surface area contributed by atoms with Gasteiger partial charge in [0.25, 0.3) is 0 Å². The number of carbonyl (C=O) groups excluding carboxylic acids is 1. The number of hydrogen-bond donors (Lipinski definition) is 2. The molecule has 3 aromatic rings. The summed E-state index contributed by atoms with van der Waals surface area (Å²) in [5, 5.41) is 14.6. The molecule has 0 aromatic carbocycles. The van der Waals surface area contributed by atoms with Crippen LogP contribution in [-0.4, -0.2) is 74.2 Å². The van der Waals surface area contributed by atoms with Gasteiger partial charge in [-0.05, 0) is 12.1 Å². The molecule has 0 radical (unpaired) electrons. The van der Waals surface area contributed by atoms with Crippen LogP contribution in [0.5, 0.6) is 0 Å². The van der Waals surface area contributed by atoms with Crippen molar-refractivity contribution in [2.24, 2.45) is 7.05 Å². The van der Waals surface area contributed by atoms with Crippen LogP contribution >= 0.6 is 0 Å². The summed E-state index contributed by atoms with van der Waals surface area (Å²) in [7, 11) is 1.90. The number of ether oxygens (including phenoxy) is 1. The number of hydrogen-bond acceptors (Lipinski definition) is 6. The number of aliphatic hydroxyl groups is 1. The molecule has 5 rings (SSSR count). The number of aromatic amines is 1. The van der Waals surface area contributed by atoms with E-state index in [1.165, 1.54) is 0 Å². The summed E-state index contributed by atoms with van der Waals surface area (Å²) < 4.78 is 7.22. The molecule has 29 heavy (non-hydrogen) atoms. The molecule has 0 unspecified atom stereocenters. The van der Waals surface area contributed by atoms with Crippen LogP contribution in [0.4, 0.5) is 10.5 Å². The lowest BCUT2D eigenvalue weighted by Crippen LogP contribution is -2.50. The largest absolute Gasteiger partial charge is 0.446 e. The summed E-state index contributed by atoms with van der Waals surface area (Å²) in [6, 6.07) is 4.13. The first-order chi connectivity index (χ1) is 14.1. The molecule has 1 aliphatic carbocycles. The van der Waals surface area contributed by atoms with Crippen molar-refractivity contribution >= 4 is 22.8 Å². The van der Waals surface area contributed by atoms with Gasteiger partial charge in [0.15, 0.2) is 0 Å². The predicted molar refractivity (Wildman–Crippen MR) is 108 cm³/mol. The highest BCUT2D eigenvalue weighted by molar-refractivity contribution is 5.93. The molecule has 1 saturated carbocycles. The zero-order valence-electron chi connectivity index (χ0n) is 16.3. The number of nitrogens with zero attached hydrogens (tertiary/aromatic N) is 5. The van der Waals surface area contributed by atoms with E-state index < -0.39 is 0 Å². The standard InChI is InChI=1S/C20H24N6O3/c1-24-12-13(11-22-24)17-10-16-18(2-3-21-19(16)23-17)25-4-6-26(7-5-25)20(28)29-15-8-14(27)9-15/h2-3,10-12,14-15,27H,4-9H2,1H3,(H,21,23). The number of piperazine rings is 1. The van der Waals surface area contributed by atoms with Crippen LogP contribution in [-0.2, 0) is 11.8 Å².